The third-order valence-electron chi connectivity index (χ3n) is 5.68. The number of aliphatic hydroxyl groups excluding tert-OH is 1. The number of hydrogen-bond acceptors (Lipinski definition) is 8. The van der Waals surface area contributed by atoms with Gasteiger partial charge >= 0.3 is 0 Å². The minimum Gasteiger partial charge on any atom is -0.507 e. The quantitative estimate of drug-likeness (QED) is 0.417. The zero-order valence-electron chi connectivity index (χ0n) is 17.7. The van der Waals surface area contributed by atoms with Crippen LogP contribution in [0.4, 0.5) is 0 Å². The molecule has 2 aromatic rings. The maximum absolute atomic E-state index is 13.0. The summed E-state index contributed by atoms with van der Waals surface area (Å²) in [6.45, 7) is 7.96. The molecule has 1 N–H and O–H groups in total. The van der Waals surface area contributed by atoms with Crippen LogP contribution in [0, 0.1) is 13.8 Å². The summed E-state index contributed by atoms with van der Waals surface area (Å²) in [6.07, 6.45) is 2.24. The average Bonchev–Trinajstić information content (AvgIpc) is 3.37. The number of Topliss-reactive ketones (excluding diaryl/α,β-unsaturated/α-hetero) is 1. The van der Waals surface area contributed by atoms with Crippen molar-refractivity contribution in [1.82, 2.24) is 19.8 Å². The van der Waals surface area contributed by atoms with E-state index in [0.717, 1.165) is 44.1 Å². The van der Waals surface area contributed by atoms with Crippen molar-refractivity contribution in [1.29, 1.82) is 0 Å². The molecule has 31 heavy (non-hydrogen) atoms. The fraction of sp³-hybridized carbons (Fsp3) is 0.455. The molecule has 0 aromatic carbocycles. The van der Waals surface area contributed by atoms with Gasteiger partial charge in [0, 0.05) is 37.3 Å². The summed E-state index contributed by atoms with van der Waals surface area (Å²) in [5, 5.41) is 13.0. The molecular weight excluding hydrogens is 416 g/mol. The minimum atomic E-state index is -0.665. The molecule has 0 spiro atoms. The van der Waals surface area contributed by atoms with Gasteiger partial charge in [0.15, 0.2) is 0 Å². The predicted octanol–water partition coefficient (Wildman–Crippen LogP) is 2.30. The minimum absolute atomic E-state index is 0.106. The molecule has 0 saturated carbocycles. The van der Waals surface area contributed by atoms with Gasteiger partial charge in [-0.25, -0.2) is 9.97 Å². The number of hydrogen-bond donors (Lipinski definition) is 1. The van der Waals surface area contributed by atoms with Crippen molar-refractivity contribution in [2.24, 2.45) is 0 Å². The molecule has 2 saturated heterocycles. The first-order valence-electron chi connectivity index (χ1n) is 10.4. The molecule has 1 unspecified atom stereocenters. The van der Waals surface area contributed by atoms with Gasteiger partial charge in [0.2, 0.25) is 0 Å². The van der Waals surface area contributed by atoms with E-state index in [1.807, 2.05) is 17.5 Å². The molecular formula is C22H26N4O4S. The smallest absolute Gasteiger partial charge is 0.295 e. The van der Waals surface area contributed by atoms with Gasteiger partial charge in [-0.3, -0.25) is 14.5 Å². The Hall–Kier alpha value is -2.62. The van der Waals surface area contributed by atoms with Gasteiger partial charge in [0.25, 0.3) is 11.7 Å². The van der Waals surface area contributed by atoms with E-state index >= 15 is 0 Å². The first kappa shape index (κ1) is 21.6. The van der Waals surface area contributed by atoms with E-state index in [1.54, 1.807) is 18.7 Å². The Kier molecular flexibility index (Phi) is 6.45. The Morgan fingerprint density at radius 1 is 1.26 bits per heavy atom. The predicted molar refractivity (Wildman–Crippen MR) is 117 cm³/mol. The van der Waals surface area contributed by atoms with Crippen LogP contribution in [0.5, 0.6) is 0 Å². The average molecular weight is 443 g/mol. The number of nitrogens with zero attached hydrogens (tertiary/aromatic N) is 4. The second-order valence-electron chi connectivity index (χ2n) is 7.73. The fourth-order valence-electron chi connectivity index (χ4n) is 4.10. The Labute approximate surface area is 185 Å². The lowest BCUT2D eigenvalue weighted by Crippen LogP contribution is -2.38. The van der Waals surface area contributed by atoms with Crippen molar-refractivity contribution >= 4 is 28.8 Å². The number of amides is 1. The van der Waals surface area contributed by atoms with Gasteiger partial charge in [0.05, 0.1) is 36.1 Å². The van der Waals surface area contributed by atoms with Crippen molar-refractivity contribution in [2.45, 2.75) is 26.3 Å². The molecule has 9 heteroatoms. The molecule has 4 heterocycles. The number of ether oxygens (including phenoxy) is 1. The van der Waals surface area contributed by atoms with Crippen LogP contribution >= 0.6 is 11.3 Å². The third-order valence-corrected chi connectivity index (χ3v) is 6.61. The lowest BCUT2D eigenvalue weighted by molar-refractivity contribution is -0.140. The highest BCUT2D eigenvalue weighted by molar-refractivity contribution is 7.10. The van der Waals surface area contributed by atoms with Gasteiger partial charge in [0.1, 0.15) is 11.6 Å². The normalized spacial score (nSPS) is 21.7. The highest BCUT2D eigenvalue weighted by Crippen LogP contribution is 2.41. The van der Waals surface area contributed by atoms with Gasteiger partial charge in [-0.05, 0) is 31.7 Å². The molecule has 0 radical (unpaired) electrons. The molecule has 164 valence electrons. The molecule has 2 aliphatic heterocycles. The number of rotatable bonds is 6. The van der Waals surface area contributed by atoms with Gasteiger partial charge < -0.3 is 14.7 Å². The number of morpholine rings is 1. The van der Waals surface area contributed by atoms with E-state index in [2.05, 4.69) is 14.9 Å². The van der Waals surface area contributed by atoms with Crippen molar-refractivity contribution in [3.05, 3.63) is 51.2 Å². The summed E-state index contributed by atoms with van der Waals surface area (Å²) >= 11 is 1.46. The number of carbonyl (C=O) groups excluding carboxylic acids is 2. The zero-order valence-corrected chi connectivity index (χ0v) is 18.5. The van der Waals surface area contributed by atoms with E-state index in [4.69, 9.17) is 4.74 Å². The number of ketones is 1. The number of aryl methyl sites for hydroxylation is 2. The van der Waals surface area contributed by atoms with E-state index in [-0.39, 0.29) is 11.3 Å². The summed E-state index contributed by atoms with van der Waals surface area (Å²) in [5.74, 6) is -0.882. The Morgan fingerprint density at radius 2 is 2.03 bits per heavy atom. The first-order valence-corrected chi connectivity index (χ1v) is 11.3. The van der Waals surface area contributed by atoms with Gasteiger partial charge in [-0.2, -0.15) is 0 Å². The van der Waals surface area contributed by atoms with Crippen molar-refractivity contribution in [3.8, 4) is 0 Å². The standard InChI is InChI=1S/C22H26N4O4S/c1-14-16(13-23-15(2)24-14)20(27)18-19(17-5-3-12-31-17)26(22(29)21(18)28)7-4-6-25-8-10-30-11-9-25/h3,5,12-13,19,27H,4,6-11H2,1-2H3/b20-18+. The van der Waals surface area contributed by atoms with E-state index in [1.165, 1.54) is 17.5 Å². The molecule has 1 amide bonds. The van der Waals surface area contributed by atoms with Crippen LogP contribution < -0.4 is 0 Å². The topological polar surface area (TPSA) is 95.9 Å². The van der Waals surface area contributed by atoms with Gasteiger partial charge in [-0.15, -0.1) is 11.3 Å². The van der Waals surface area contributed by atoms with E-state index in [0.29, 0.717) is 23.6 Å². The highest BCUT2D eigenvalue weighted by Gasteiger charge is 2.46. The van der Waals surface area contributed by atoms with Crippen LogP contribution in [-0.4, -0.2) is 76.0 Å². The molecule has 2 aliphatic rings. The summed E-state index contributed by atoms with van der Waals surface area (Å²) in [5.41, 5.74) is 1.04. The maximum Gasteiger partial charge on any atom is 0.295 e. The first-order chi connectivity index (χ1) is 15.0. The Bertz CT molecular complexity index is 999. The molecule has 1 atom stereocenters. The Balaban J connectivity index is 1.64. The van der Waals surface area contributed by atoms with Crippen LogP contribution in [0.1, 0.15) is 34.4 Å². The second kappa shape index (κ2) is 9.25. The molecule has 0 aliphatic carbocycles. The lowest BCUT2D eigenvalue weighted by atomic mass is 10.00. The van der Waals surface area contributed by atoms with Crippen LogP contribution in [-0.2, 0) is 14.3 Å². The summed E-state index contributed by atoms with van der Waals surface area (Å²) in [4.78, 5) is 39.1. The van der Waals surface area contributed by atoms with Crippen LogP contribution in [0.15, 0.2) is 29.3 Å². The largest absolute Gasteiger partial charge is 0.507 e. The third kappa shape index (κ3) is 4.39. The number of aromatic nitrogens is 2. The van der Waals surface area contributed by atoms with E-state index < -0.39 is 17.7 Å². The van der Waals surface area contributed by atoms with Crippen LogP contribution in [0.2, 0.25) is 0 Å². The number of likely N-dealkylation sites (tertiary alicyclic amines) is 1. The Morgan fingerprint density at radius 3 is 2.71 bits per heavy atom. The summed E-state index contributed by atoms with van der Waals surface area (Å²) in [7, 11) is 0. The highest BCUT2D eigenvalue weighted by atomic mass is 32.1. The zero-order chi connectivity index (χ0) is 22.0. The molecule has 8 nitrogen and oxygen atoms in total. The number of thiophene rings is 1. The molecule has 2 fully saturated rings. The maximum atomic E-state index is 13.0. The monoisotopic (exact) mass is 442 g/mol. The van der Waals surface area contributed by atoms with Crippen molar-refractivity contribution in [2.75, 3.05) is 39.4 Å². The number of aliphatic hydroxyl groups is 1. The van der Waals surface area contributed by atoms with Crippen molar-refractivity contribution in [3.63, 3.8) is 0 Å². The SMILES string of the molecule is Cc1ncc(/C(O)=C2\C(=O)C(=O)N(CCCN3CCOCC3)C2c2cccs2)c(C)n1. The summed E-state index contributed by atoms with van der Waals surface area (Å²) < 4.78 is 5.38. The van der Waals surface area contributed by atoms with Crippen LogP contribution in [0.25, 0.3) is 5.76 Å². The van der Waals surface area contributed by atoms with Gasteiger partial charge in [-0.1, -0.05) is 6.07 Å². The summed E-state index contributed by atoms with van der Waals surface area (Å²) in [6, 6.07) is 3.17. The molecule has 0 bridgehead atoms. The van der Waals surface area contributed by atoms with Crippen LogP contribution in [0.3, 0.4) is 0 Å². The second-order valence-corrected chi connectivity index (χ2v) is 8.71. The molecule has 4 rings (SSSR count). The number of carbonyl (C=O) groups is 2. The van der Waals surface area contributed by atoms with E-state index in [9.17, 15) is 14.7 Å². The van der Waals surface area contributed by atoms with Crippen molar-refractivity contribution < 1.29 is 19.4 Å². The fourth-order valence-corrected chi connectivity index (χ4v) is 4.95. The molecule has 2 aromatic heterocycles. The lowest BCUT2D eigenvalue weighted by Gasteiger charge is -2.28.